The summed E-state index contributed by atoms with van der Waals surface area (Å²) in [4.78, 5) is 9.60. The molecule has 0 unspecified atom stereocenters. The zero-order valence-corrected chi connectivity index (χ0v) is 40.5. The Hall–Kier alpha value is -1.63. The van der Waals surface area contributed by atoms with Crippen LogP contribution in [-0.4, -0.2) is 286 Å². The molecule has 0 atom stereocenters. The first kappa shape index (κ1) is 67.4. The third kappa shape index (κ3) is 68.7. The Morgan fingerprint density at radius 3 is 0.388 bits per heavy atom. The minimum atomic E-state index is -0.935. The van der Waals surface area contributed by atoms with Crippen LogP contribution in [0.15, 0.2) is 12.2 Å². The van der Waals surface area contributed by atoms with Gasteiger partial charge in [0.2, 0.25) is 0 Å². The zero-order chi connectivity index (χ0) is 48.9. The summed E-state index contributed by atoms with van der Waals surface area (Å²) in [5, 5.41) is 25.1. The molecule has 3 N–H and O–H groups in total. The van der Waals surface area contributed by atoms with Gasteiger partial charge in [0.05, 0.1) is 264 Å². The SMILES string of the molecule is C=C(C)C(=O)O.OCCOCCOCCOCCOCCOCCOCCOCCOCCOCCOCCOCCOCCOCCOCCOCCOCCOCCOCCOCCO. The van der Waals surface area contributed by atoms with E-state index in [-0.39, 0.29) is 18.8 Å². The maximum atomic E-state index is 9.60. The molecular formula is C44H88O23. The van der Waals surface area contributed by atoms with Crippen molar-refractivity contribution < 1.29 is 110 Å². The van der Waals surface area contributed by atoms with Crippen molar-refractivity contribution in [1.82, 2.24) is 0 Å². The van der Waals surface area contributed by atoms with Crippen LogP contribution in [0.1, 0.15) is 6.92 Å². The molecule has 0 saturated heterocycles. The van der Waals surface area contributed by atoms with Gasteiger partial charge in [0, 0.05) is 5.57 Å². The summed E-state index contributed by atoms with van der Waals surface area (Å²) in [6.07, 6.45) is 0. The monoisotopic (exact) mass is 985 g/mol. The lowest BCUT2D eigenvalue weighted by Gasteiger charge is -2.09. The Labute approximate surface area is 398 Å². The second kappa shape index (κ2) is 64.4. The molecule has 23 nitrogen and oxygen atoms in total. The molecular weight excluding hydrogens is 896 g/mol. The number of carboxylic acid groups (broad SMARTS) is 1. The summed E-state index contributed by atoms with van der Waals surface area (Å²) < 4.78 is 103. The highest BCUT2D eigenvalue weighted by molar-refractivity contribution is 5.84. The molecule has 0 aliphatic heterocycles. The van der Waals surface area contributed by atoms with Crippen LogP contribution in [0.4, 0.5) is 0 Å². The van der Waals surface area contributed by atoms with Crippen LogP contribution >= 0.6 is 0 Å². The normalized spacial score (nSPS) is 11.3. The number of ether oxygens (including phenoxy) is 19. The van der Waals surface area contributed by atoms with Crippen LogP contribution in [0.3, 0.4) is 0 Å². The van der Waals surface area contributed by atoms with Crippen LogP contribution in [0.2, 0.25) is 0 Å². The second-order valence-corrected chi connectivity index (χ2v) is 13.2. The Bertz CT molecular complexity index is 857. The smallest absolute Gasteiger partial charge is 0.330 e. The molecule has 0 radical (unpaired) electrons. The molecule has 23 heteroatoms. The fourth-order valence-electron chi connectivity index (χ4n) is 4.19. The van der Waals surface area contributed by atoms with E-state index in [9.17, 15) is 4.79 Å². The topological polar surface area (TPSA) is 253 Å². The Morgan fingerprint density at radius 2 is 0.328 bits per heavy atom. The third-order valence-corrected chi connectivity index (χ3v) is 7.53. The van der Waals surface area contributed by atoms with Gasteiger partial charge < -0.3 is 105 Å². The van der Waals surface area contributed by atoms with Crippen molar-refractivity contribution in [2.24, 2.45) is 0 Å². The van der Waals surface area contributed by atoms with Gasteiger partial charge in [0.25, 0.3) is 0 Å². The van der Waals surface area contributed by atoms with Crippen LogP contribution in [0.25, 0.3) is 0 Å². The molecule has 0 spiro atoms. The molecule has 0 aliphatic carbocycles. The Morgan fingerprint density at radius 1 is 0.254 bits per heavy atom. The summed E-state index contributed by atoms with van der Waals surface area (Å²) in [6.45, 7) is 23.0. The fourth-order valence-corrected chi connectivity index (χ4v) is 4.19. The lowest BCUT2D eigenvalue weighted by molar-refractivity contribution is -0.132. The first-order valence-electron chi connectivity index (χ1n) is 23.1. The van der Waals surface area contributed by atoms with E-state index in [2.05, 4.69) is 6.58 Å². The highest BCUT2D eigenvalue weighted by atomic mass is 16.6. The van der Waals surface area contributed by atoms with Crippen LogP contribution in [0.5, 0.6) is 0 Å². The summed E-state index contributed by atoms with van der Waals surface area (Å²) in [6, 6.07) is 0. The highest BCUT2D eigenvalue weighted by Gasteiger charge is 1.99. The van der Waals surface area contributed by atoms with E-state index < -0.39 is 5.97 Å². The van der Waals surface area contributed by atoms with Crippen LogP contribution < -0.4 is 0 Å². The van der Waals surface area contributed by atoms with E-state index in [4.69, 9.17) is 105 Å². The molecule has 0 bridgehead atoms. The average molecular weight is 985 g/mol. The van der Waals surface area contributed by atoms with Crippen molar-refractivity contribution in [3.05, 3.63) is 12.2 Å². The van der Waals surface area contributed by atoms with Crippen LogP contribution in [0, 0.1) is 0 Å². The first-order valence-corrected chi connectivity index (χ1v) is 23.1. The number of hydrogen-bond donors (Lipinski definition) is 3. The molecule has 0 fully saturated rings. The maximum absolute atomic E-state index is 9.60. The number of carboxylic acids is 1. The van der Waals surface area contributed by atoms with E-state index in [1.807, 2.05) is 0 Å². The Kier molecular flexibility index (Phi) is 64.8. The van der Waals surface area contributed by atoms with Crippen molar-refractivity contribution in [2.45, 2.75) is 6.92 Å². The lowest BCUT2D eigenvalue weighted by Crippen LogP contribution is -2.16. The Balaban J connectivity index is 0. The molecule has 0 aromatic carbocycles. The minimum Gasteiger partial charge on any atom is -0.478 e. The minimum absolute atomic E-state index is 0.0196. The van der Waals surface area contributed by atoms with Gasteiger partial charge in [-0.3, -0.25) is 0 Å². The largest absolute Gasteiger partial charge is 0.478 e. The van der Waals surface area contributed by atoms with E-state index in [1.165, 1.54) is 6.92 Å². The zero-order valence-electron chi connectivity index (χ0n) is 40.5. The van der Waals surface area contributed by atoms with Crippen molar-refractivity contribution >= 4 is 5.97 Å². The summed E-state index contributed by atoms with van der Waals surface area (Å²) in [5.74, 6) is -0.935. The van der Waals surface area contributed by atoms with E-state index in [1.54, 1.807) is 0 Å². The van der Waals surface area contributed by atoms with E-state index in [0.29, 0.717) is 251 Å². The number of carbonyl (C=O) groups is 1. The average Bonchev–Trinajstić information content (AvgIpc) is 3.32. The molecule has 402 valence electrons. The van der Waals surface area contributed by atoms with Crippen molar-refractivity contribution in [1.29, 1.82) is 0 Å². The van der Waals surface area contributed by atoms with Gasteiger partial charge >= 0.3 is 5.97 Å². The van der Waals surface area contributed by atoms with Gasteiger partial charge in [-0.1, -0.05) is 6.58 Å². The molecule has 67 heavy (non-hydrogen) atoms. The molecule has 0 aromatic rings. The quantitative estimate of drug-likeness (QED) is 0.0533. The van der Waals surface area contributed by atoms with Gasteiger partial charge in [-0.2, -0.15) is 0 Å². The molecule has 0 saturated carbocycles. The molecule has 0 rings (SSSR count). The van der Waals surface area contributed by atoms with Crippen molar-refractivity contribution in [3.63, 3.8) is 0 Å². The van der Waals surface area contributed by atoms with Crippen LogP contribution in [-0.2, 0) is 94.8 Å². The predicted octanol–water partition coefficient (Wildman–Crippen LogP) is -0.0665. The standard InChI is InChI=1S/C40H82O21.C4H6O2/c41-1-3-43-5-7-45-9-11-47-13-15-49-17-19-51-21-23-53-25-27-55-29-31-57-33-35-59-37-39-61-40-38-60-36-34-58-32-30-56-28-26-54-24-22-52-20-18-50-16-14-48-12-10-46-8-6-44-4-2-42;1-3(2)4(5)6/h41-42H,1-40H2;1H2,2H3,(H,5,6). The van der Waals surface area contributed by atoms with Gasteiger partial charge in [0.1, 0.15) is 0 Å². The third-order valence-electron chi connectivity index (χ3n) is 7.53. The number of aliphatic hydroxyl groups is 2. The van der Waals surface area contributed by atoms with Crippen molar-refractivity contribution in [2.75, 3.05) is 264 Å². The maximum Gasteiger partial charge on any atom is 0.330 e. The molecule has 0 aliphatic rings. The van der Waals surface area contributed by atoms with Crippen molar-refractivity contribution in [3.8, 4) is 0 Å². The highest BCUT2D eigenvalue weighted by Crippen LogP contribution is 1.90. The molecule has 0 aromatic heterocycles. The fraction of sp³-hybridized carbons (Fsp3) is 0.932. The lowest BCUT2D eigenvalue weighted by atomic mass is 10.4. The van der Waals surface area contributed by atoms with Gasteiger partial charge in [-0.05, 0) is 6.92 Å². The van der Waals surface area contributed by atoms with Gasteiger partial charge in [0.15, 0.2) is 0 Å². The molecule has 0 amide bonds. The number of hydrogen-bond acceptors (Lipinski definition) is 22. The second-order valence-electron chi connectivity index (χ2n) is 13.2. The van der Waals surface area contributed by atoms with E-state index >= 15 is 0 Å². The number of aliphatic hydroxyl groups excluding tert-OH is 2. The summed E-state index contributed by atoms with van der Waals surface area (Å²) in [7, 11) is 0. The number of rotatable bonds is 59. The first-order chi connectivity index (χ1) is 33.1. The van der Waals surface area contributed by atoms with E-state index in [0.717, 1.165) is 0 Å². The summed E-state index contributed by atoms with van der Waals surface area (Å²) >= 11 is 0. The van der Waals surface area contributed by atoms with Gasteiger partial charge in [-0.15, -0.1) is 0 Å². The number of aliphatic carboxylic acids is 1. The predicted molar refractivity (Wildman–Crippen MR) is 242 cm³/mol. The summed E-state index contributed by atoms with van der Waals surface area (Å²) in [5.41, 5.74) is 0.176. The van der Waals surface area contributed by atoms with Gasteiger partial charge in [-0.25, -0.2) is 4.79 Å². The molecule has 0 heterocycles.